The molecule has 5 amide bonds. The zero-order chi connectivity index (χ0) is 53.2. The number of Topliss-reactive ketones (excluding diaryl/α,β-unsaturated/α-hetero) is 1. The molecule has 3 atom stereocenters. The molecule has 394 valence electrons. The highest BCUT2D eigenvalue weighted by Crippen LogP contribution is 2.40. The van der Waals surface area contributed by atoms with Crippen LogP contribution < -0.4 is 40.9 Å². The van der Waals surface area contributed by atoms with Crippen molar-refractivity contribution in [2.75, 3.05) is 53.0 Å². The monoisotopic (exact) mass is 1030 g/mol. The summed E-state index contributed by atoms with van der Waals surface area (Å²) in [5.74, 6) is -0.420. The van der Waals surface area contributed by atoms with Gasteiger partial charge in [0, 0.05) is 91.9 Å². The minimum absolute atomic E-state index is 0.0617. The van der Waals surface area contributed by atoms with Crippen LogP contribution in [-0.4, -0.2) is 109 Å². The third kappa shape index (κ3) is 12.5. The molecule has 0 radical (unpaired) electrons. The van der Waals surface area contributed by atoms with E-state index in [-0.39, 0.29) is 93.1 Å². The lowest BCUT2D eigenvalue weighted by atomic mass is 9.91. The van der Waals surface area contributed by atoms with Crippen molar-refractivity contribution in [2.24, 2.45) is 17.6 Å². The van der Waals surface area contributed by atoms with Crippen LogP contribution in [0.4, 0.5) is 10.5 Å². The van der Waals surface area contributed by atoms with E-state index in [4.69, 9.17) is 34.4 Å². The Morgan fingerprint density at radius 3 is 2.25 bits per heavy atom. The summed E-state index contributed by atoms with van der Waals surface area (Å²) in [6, 6.07) is 22.2. The van der Waals surface area contributed by atoms with Crippen LogP contribution >= 0.6 is 0 Å². The molecule has 6 aromatic rings. The predicted molar refractivity (Wildman–Crippen MR) is 281 cm³/mol. The van der Waals surface area contributed by atoms with E-state index in [2.05, 4.69) is 10.6 Å². The molecule has 4 N–H and O–H groups in total. The number of hydrogen-bond acceptors (Lipinski definition) is 14. The first-order valence-corrected chi connectivity index (χ1v) is 25.2. The number of methoxy groups -OCH3 is 2. The number of likely N-dealkylation sites (tertiary alicyclic amines) is 1. The topological polar surface area (TPSA) is 240 Å². The van der Waals surface area contributed by atoms with Gasteiger partial charge in [0.25, 0.3) is 5.56 Å². The van der Waals surface area contributed by atoms with Gasteiger partial charge in [0.2, 0.25) is 30.4 Å². The average molecular weight is 1030 g/mol. The summed E-state index contributed by atoms with van der Waals surface area (Å²) in [5, 5.41) is 8.17. The molecule has 0 bridgehead atoms. The van der Waals surface area contributed by atoms with Crippen molar-refractivity contribution in [3.63, 3.8) is 0 Å². The van der Waals surface area contributed by atoms with Crippen molar-refractivity contribution in [3.05, 3.63) is 107 Å². The number of amides is 5. The van der Waals surface area contributed by atoms with Crippen LogP contribution in [0.5, 0.6) is 23.0 Å². The second-order valence-corrected chi connectivity index (χ2v) is 19.0. The molecule has 1 fully saturated rings. The highest BCUT2D eigenvalue weighted by molar-refractivity contribution is 6.15. The van der Waals surface area contributed by atoms with E-state index in [1.54, 1.807) is 73.3 Å². The third-order valence-corrected chi connectivity index (χ3v) is 13.8. The molecule has 4 heterocycles. The van der Waals surface area contributed by atoms with Crippen LogP contribution in [0.2, 0.25) is 0 Å². The van der Waals surface area contributed by atoms with Crippen LogP contribution in [0.1, 0.15) is 69.4 Å². The predicted octanol–water partition coefficient (Wildman–Crippen LogP) is 6.65. The Morgan fingerprint density at radius 1 is 0.840 bits per heavy atom. The fourth-order valence-corrected chi connectivity index (χ4v) is 9.57. The molecule has 0 spiro atoms. The molecule has 0 saturated carbocycles. The number of fused-ring (bicyclic) bond motifs is 6. The van der Waals surface area contributed by atoms with Gasteiger partial charge < -0.3 is 49.5 Å². The Balaban J connectivity index is 0.874. The van der Waals surface area contributed by atoms with Gasteiger partial charge in [0.1, 0.15) is 6.61 Å². The van der Waals surface area contributed by atoms with Crippen molar-refractivity contribution in [3.8, 4) is 23.0 Å². The number of unbranched alkanes of at least 4 members (excludes halogenated alkanes) is 2. The number of benzene rings is 4. The van der Waals surface area contributed by atoms with Gasteiger partial charge in [-0.15, -0.1) is 0 Å². The van der Waals surface area contributed by atoms with Crippen molar-refractivity contribution in [1.82, 2.24) is 24.7 Å². The fourth-order valence-electron chi connectivity index (χ4n) is 9.57. The Morgan fingerprint density at radius 2 is 1.56 bits per heavy atom. The highest BCUT2D eigenvalue weighted by Gasteiger charge is 2.35. The number of rotatable bonds is 24. The Bertz CT molecular complexity index is 3160. The molecule has 2 aromatic heterocycles. The van der Waals surface area contributed by atoms with E-state index in [0.29, 0.717) is 112 Å². The number of likely N-dealkylation sites (N-methyl/N-ethyl adjacent to an activating group) is 1. The van der Waals surface area contributed by atoms with Gasteiger partial charge in [-0.2, -0.15) is 0 Å². The molecule has 1 unspecified atom stereocenters. The van der Waals surface area contributed by atoms with E-state index < -0.39 is 18.1 Å². The second kappa shape index (κ2) is 24.3. The van der Waals surface area contributed by atoms with E-state index in [9.17, 15) is 33.6 Å². The van der Waals surface area contributed by atoms with Gasteiger partial charge in [0.15, 0.2) is 28.8 Å². The number of carbonyl (C=O) groups is 6. The Hall–Kier alpha value is -8.06. The number of ketones is 1. The fraction of sp³-hybridized carbons (Fsp3) is 0.393. The van der Waals surface area contributed by atoms with Crippen molar-refractivity contribution in [2.45, 2.75) is 83.9 Å². The number of anilines is 1. The number of carbonyl (C=O) groups excluding carboxylic acids is 6. The minimum Gasteiger partial charge on any atom is -0.493 e. The van der Waals surface area contributed by atoms with Crippen LogP contribution in [-0.2, 0) is 48.3 Å². The first-order valence-electron chi connectivity index (χ1n) is 25.2. The maximum atomic E-state index is 14.4. The van der Waals surface area contributed by atoms with Crippen LogP contribution in [0, 0.1) is 11.8 Å². The molecular formula is C56H63N7O12. The first-order chi connectivity index (χ1) is 36.3. The molecule has 1 saturated heterocycles. The zero-order valence-electron chi connectivity index (χ0n) is 42.7. The number of ether oxygens (including phenoxy) is 5. The summed E-state index contributed by atoms with van der Waals surface area (Å²) in [4.78, 5) is 101. The number of pyridine rings is 2. The van der Waals surface area contributed by atoms with E-state index in [1.165, 1.54) is 24.0 Å². The van der Waals surface area contributed by atoms with Crippen molar-refractivity contribution < 1.29 is 52.5 Å². The highest BCUT2D eigenvalue weighted by atomic mass is 16.7. The van der Waals surface area contributed by atoms with Gasteiger partial charge in [-0.05, 0) is 80.1 Å². The van der Waals surface area contributed by atoms with Crippen molar-refractivity contribution >= 4 is 73.8 Å². The Labute approximate surface area is 433 Å². The number of nitrogens with two attached hydrogens (primary N) is 1. The first kappa shape index (κ1) is 53.2. The lowest BCUT2D eigenvalue weighted by Crippen LogP contribution is -2.43. The smallest absolute Gasteiger partial charge is 0.409 e. The lowest BCUT2D eigenvalue weighted by Gasteiger charge is -2.22. The van der Waals surface area contributed by atoms with Gasteiger partial charge in [-0.1, -0.05) is 55.8 Å². The SMILES string of the molecule is COc1cc2c(=O)n(CCN(C)C(=O)OCc3ccc(NC(=O)[C@H](CCCN)CC(=O)[C@H](Cc4ccccc4)NC(=O)CCCCCN4C(=O)CC(C)C4=O)cc3)c3c4cc5c(cc4ncc3c2cc1OC)OCO5. The molecule has 19 nitrogen and oxygen atoms in total. The van der Waals surface area contributed by atoms with Gasteiger partial charge in [-0.25, -0.2) is 4.79 Å². The number of nitrogens with zero attached hydrogens (tertiary/aromatic N) is 4. The maximum absolute atomic E-state index is 14.4. The quantitative estimate of drug-likeness (QED) is 0.0327. The standard InChI is InChI=1S/C56H63N7O12/c1-34-24-51(66)62(54(34)68)21-10-6-9-15-50(65)60-44(25-35-12-7-5-8-13-35)45(64)26-37(14-11-20-57)53(67)59-38-18-16-36(17-19-38)32-73-56(70)61(2)22-23-63-52-41-29-48-49(75-33-74-48)30-43(41)58-31-42(52)39-27-46(71-3)47(72-4)28-40(39)55(63)69/h5,7-8,12-13,16-19,27-31,34,37,44H,6,9-11,14-15,20-26,32-33,57H2,1-4H3,(H,59,67)(H,60,65)/t34?,37-,44+/m1/s1. The van der Waals surface area contributed by atoms with Gasteiger partial charge in [0.05, 0.1) is 36.7 Å². The summed E-state index contributed by atoms with van der Waals surface area (Å²) < 4.78 is 29.7. The van der Waals surface area contributed by atoms with Crippen LogP contribution in [0.25, 0.3) is 32.6 Å². The average Bonchev–Trinajstić information content (AvgIpc) is 3.99. The summed E-state index contributed by atoms with van der Waals surface area (Å²) in [5.41, 5.74) is 8.69. The Kier molecular flexibility index (Phi) is 17.3. The van der Waals surface area contributed by atoms with E-state index in [1.807, 2.05) is 30.3 Å². The number of aromatic nitrogens is 2. The van der Waals surface area contributed by atoms with Crippen molar-refractivity contribution in [1.29, 1.82) is 0 Å². The van der Waals surface area contributed by atoms with Gasteiger partial charge in [-0.3, -0.25) is 38.7 Å². The molecular weight excluding hydrogens is 963 g/mol. The number of nitrogens with one attached hydrogen (secondary N) is 2. The summed E-state index contributed by atoms with van der Waals surface area (Å²) >= 11 is 0. The number of imide groups is 1. The van der Waals surface area contributed by atoms with Gasteiger partial charge >= 0.3 is 6.09 Å². The van der Waals surface area contributed by atoms with Crippen LogP contribution in [0.3, 0.4) is 0 Å². The lowest BCUT2D eigenvalue weighted by molar-refractivity contribution is -0.139. The minimum atomic E-state index is -0.878. The van der Waals surface area contributed by atoms with E-state index >= 15 is 0 Å². The third-order valence-electron chi connectivity index (χ3n) is 13.8. The second-order valence-electron chi connectivity index (χ2n) is 19.0. The molecule has 2 aliphatic rings. The molecule has 0 aliphatic carbocycles. The normalized spacial score (nSPS) is 14.8. The maximum Gasteiger partial charge on any atom is 0.409 e. The molecule has 2 aliphatic heterocycles. The largest absolute Gasteiger partial charge is 0.493 e. The van der Waals surface area contributed by atoms with E-state index in [0.717, 1.165) is 5.56 Å². The number of hydrogen-bond donors (Lipinski definition) is 3. The summed E-state index contributed by atoms with van der Waals surface area (Å²) in [7, 11) is 4.60. The zero-order valence-corrected chi connectivity index (χ0v) is 42.7. The summed E-state index contributed by atoms with van der Waals surface area (Å²) in [6.07, 6.45) is 4.13. The molecule has 19 heteroatoms. The molecule has 4 aromatic carbocycles. The summed E-state index contributed by atoms with van der Waals surface area (Å²) in [6.45, 7) is 2.57. The van der Waals surface area contributed by atoms with Crippen LogP contribution in [0.15, 0.2) is 89.9 Å². The molecule has 75 heavy (non-hydrogen) atoms. The molecule has 8 rings (SSSR count).